The molecule has 1 unspecified atom stereocenters. The van der Waals surface area contributed by atoms with Crippen molar-refractivity contribution in [2.45, 2.75) is 39.3 Å². The van der Waals surface area contributed by atoms with Crippen LogP contribution in [0.5, 0.6) is 0 Å². The second kappa shape index (κ2) is 4.99. The lowest BCUT2D eigenvalue weighted by molar-refractivity contribution is 0.627. The molecule has 0 bridgehead atoms. The minimum absolute atomic E-state index is 0.600. The minimum Gasteiger partial charge on any atom is -0.368 e. The van der Waals surface area contributed by atoms with Gasteiger partial charge in [0.2, 0.25) is 0 Å². The van der Waals surface area contributed by atoms with E-state index < -0.39 is 0 Å². The highest BCUT2D eigenvalue weighted by Crippen LogP contribution is 2.27. The molecule has 0 spiro atoms. The number of hydrogen-bond acceptors (Lipinski definition) is 4. The molecular weight excluding hydrogens is 238 g/mol. The van der Waals surface area contributed by atoms with Crippen LogP contribution in [0, 0.1) is 0 Å². The van der Waals surface area contributed by atoms with Crippen LogP contribution in [0.3, 0.4) is 0 Å². The van der Waals surface area contributed by atoms with Gasteiger partial charge in [-0.2, -0.15) is 0 Å². The van der Waals surface area contributed by atoms with Crippen LogP contribution in [0.1, 0.15) is 26.7 Å². The lowest BCUT2D eigenvalue weighted by atomic mass is 10.2. The molecule has 1 saturated heterocycles. The molecule has 3 heterocycles. The molecule has 1 atom stereocenters. The second-order valence-electron chi connectivity index (χ2n) is 5.08. The van der Waals surface area contributed by atoms with E-state index in [1.807, 2.05) is 23.3 Å². The Morgan fingerprint density at radius 3 is 2.95 bits per heavy atom. The third-order valence-corrected chi connectivity index (χ3v) is 3.77. The van der Waals surface area contributed by atoms with Crippen LogP contribution in [0.4, 0.5) is 5.69 Å². The van der Waals surface area contributed by atoms with E-state index in [4.69, 9.17) is 0 Å². The van der Waals surface area contributed by atoms with Gasteiger partial charge in [0.1, 0.15) is 5.69 Å². The lowest BCUT2D eigenvalue weighted by Crippen LogP contribution is -2.26. The second-order valence-corrected chi connectivity index (χ2v) is 5.08. The molecule has 3 rings (SSSR count). The fourth-order valence-corrected chi connectivity index (χ4v) is 2.63. The molecule has 0 N–H and O–H groups in total. The Bertz CT molecular complexity index is 562. The molecule has 5 nitrogen and oxygen atoms in total. The topological polar surface area (TPSA) is 46.8 Å². The van der Waals surface area contributed by atoms with Crippen LogP contribution in [0.2, 0.25) is 0 Å². The highest BCUT2D eigenvalue weighted by atomic mass is 15.4. The molecule has 1 fully saturated rings. The molecule has 0 aromatic carbocycles. The molecule has 1 aliphatic rings. The third-order valence-electron chi connectivity index (χ3n) is 3.77. The zero-order chi connectivity index (χ0) is 13.2. The lowest BCUT2D eigenvalue weighted by Gasteiger charge is -2.23. The van der Waals surface area contributed by atoms with Gasteiger partial charge in [0.25, 0.3) is 0 Å². The minimum atomic E-state index is 0.600. The zero-order valence-electron chi connectivity index (χ0n) is 11.5. The van der Waals surface area contributed by atoms with Gasteiger partial charge >= 0.3 is 0 Å². The van der Waals surface area contributed by atoms with Crippen molar-refractivity contribution in [2.24, 2.45) is 0 Å². The van der Waals surface area contributed by atoms with Crippen molar-refractivity contribution in [2.75, 3.05) is 11.4 Å². The van der Waals surface area contributed by atoms with Crippen molar-refractivity contribution in [1.29, 1.82) is 0 Å². The molecule has 0 aliphatic carbocycles. The first kappa shape index (κ1) is 12.1. The van der Waals surface area contributed by atoms with Crippen molar-refractivity contribution in [3.8, 4) is 11.3 Å². The Hall–Kier alpha value is -1.91. The van der Waals surface area contributed by atoms with Crippen LogP contribution in [-0.4, -0.2) is 32.6 Å². The first-order valence-corrected chi connectivity index (χ1v) is 6.90. The highest BCUT2D eigenvalue weighted by Gasteiger charge is 2.21. The third kappa shape index (κ3) is 2.32. The van der Waals surface area contributed by atoms with Crippen LogP contribution < -0.4 is 4.90 Å². The van der Waals surface area contributed by atoms with Crippen LogP contribution >= 0.6 is 0 Å². The zero-order valence-corrected chi connectivity index (χ0v) is 11.5. The Morgan fingerprint density at radius 1 is 1.37 bits per heavy atom. The Morgan fingerprint density at radius 2 is 2.26 bits per heavy atom. The molecule has 0 saturated carbocycles. The monoisotopic (exact) mass is 257 g/mol. The fourth-order valence-electron chi connectivity index (χ4n) is 2.63. The van der Waals surface area contributed by atoms with Crippen molar-refractivity contribution in [3.05, 3.63) is 24.7 Å². The van der Waals surface area contributed by atoms with Crippen molar-refractivity contribution in [3.63, 3.8) is 0 Å². The predicted octanol–water partition coefficient (Wildman–Crippen LogP) is 2.35. The van der Waals surface area contributed by atoms with Crippen molar-refractivity contribution >= 4 is 5.69 Å². The van der Waals surface area contributed by atoms with Crippen LogP contribution in [0.15, 0.2) is 24.7 Å². The van der Waals surface area contributed by atoms with E-state index in [9.17, 15) is 0 Å². The average Bonchev–Trinajstić information content (AvgIpc) is 3.07. The van der Waals surface area contributed by atoms with Gasteiger partial charge in [-0.05, 0) is 32.8 Å². The quantitative estimate of drug-likeness (QED) is 0.846. The van der Waals surface area contributed by atoms with Gasteiger partial charge in [-0.1, -0.05) is 5.21 Å². The summed E-state index contributed by atoms with van der Waals surface area (Å²) >= 11 is 0. The summed E-state index contributed by atoms with van der Waals surface area (Å²) in [5.41, 5.74) is 3.12. The van der Waals surface area contributed by atoms with Gasteiger partial charge in [0.15, 0.2) is 0 Å². The summed E-state index contributed by atoms with van der Waals surface area (Å²) < 4.78 is 1.83. The first-order chi connectivity index (χ1) is 9.28. The number of aromatic nitrogens is 4. The Balaban J connectivity index is 1.91. The maximum Gasteiger partial charge on any atom is 0.114 e. The van der Waals surface area contributed by atoms with E-state index in [2.05, 4.69) is 40.1 Å². The SMILES string of the molecule is CCn1cc(-c2cncc(N3CCCC3C)c2)nn1. The summed E-state index contributed by atoms with van der Waals surface area (Å²) in [6.45, 7) is 6.28. The molecule has 5 heteroatoms. The number of hydrogen-bond donors (Lipinski definition) is 0. The molecule has 1 aliphatic heterocycles. The number of pyridine rings is 1. The average molecular weight is 257 g/mol. The summed E-state index contributed by atoms with van der Waals surface area (Å²) in [6.07, 6.45) is 8.28. The van der Waals surface area contributed by atoms with Gasteiger partial charge in [-0.25, -0.2) is 0 Å². The van der Waals surface area contributed by atoms with Crippen molar-refractivity contribution < 1.29 is 0 Å². The van der Waals surface area contributed by atoms with E-state index in [1.165, 1.54) is 18.5 Å². The summed E-state index contributed by atoms with van der Waals surface area (Å²) in [5.74, 6) is 0. The Labute approximate surface area is 113 Å². The maximum atomic E-state index is 4.36. The smallest absolute Gasteiger partial charge is 0.114 e. The highest BCUT2D eigenvalue weighted by molar-refractivity contribution is 5.63. The number of rotatable bonds is 3. The van der Waals surface area contributed by atoms with Gasteiger partial charge in [0, 0.05) is 30.9 Å². The molecule has 0 amide bonds. The van der Waals surface area contributed by atoms with Gasteiger partial charge in [0.05, 0.1) is 18.1 Å². The molecule has 2 aromatic rings. The predicted molar refractivity (Wildman–Crippen MR) is 75.0 cm³/mol. The number of aryl methyl sites for hydroxylation is 1. The molecule has 100 valence electrons. The molecule has 2 aromatic heterocycles. The molecule has 0 radical (unpaired) electrons. The fraction of sp³-hybridized carbons (Fsp3) is 0.500. The molecule has 19 heavy (non-hydrogen) atoms. The van der Waals surface area contributed by atoms with Crippen LogP contribution in [0.25, 0.3) is 11.3 Å². The van der Waals surface area contributed by atoms with Gasteiger partial charge in [-0.15, -0.1) is 5.10 Å². The number of nitrogens with zero attached hydrogens (tertiary/aromatic N) is 5. The van der Waals surface area contributed by atoms with E-state index in [0.717, 1.165) is 24.3 Å². The summed E-state index contributed by atoms with van der Waals surface area (Å²) in [4.78, 5) is 6.77. The van der Waals surface area contributed by atoms with E-state index in [0.29, 0.717) is 6.04 Å². The van der Waals surface area contributed by atoms with Gasteiger partial charge < -0.3 is 4.90 Å². The van der Waals surface area contributed by atoms with Gasteiger partial charge in [-0.3, -0.25) is 9.67 Å². The van der Waals surface area contributed by atoms with E-state index in [-0.39, 0.29) is 0 Å². The largest absolute Gasteiger partial charge is 0.368 e. The van der Waals surface area contributed by atoms with E-state index >= 15 is 0 Å². The summed E-state index contributed by atoms with van der Waals surface area (Å²) in [5, 5.41) is 8.28. The Kier molecular flexibility index (Phi) is 3.19. The first-order valence-electron chi connectivity index (χ1n) is 6.90. The van der Waals surface area contributed by atoms with Crippen LogP contribution in [-0.2, 0) is 6.54 Å². The maximum absolute atomic E-state index is 4.36. The molecular formula is C14H19N5. The summed E-state index contributed by atoms with van der Waals surface area (Å²) in [7, 11) is 0. The van der Waals surface area contributed by atoms with Crippen molar-refractivity contribution in [1.82, 2.24) is 20.0 Å². The summed E-state index contributed by atoms with van der Waals surface area (Å²) in [6, 6.07) is 2.77. The normalized spacial score (nSPS) is 19.1. The standard InChI is InChI=1S/C14H19N5/c1-3-18-10-14(16-17-18)12-7-13(9-15-8-12)19-6-4-5-11(19)2/h7-11H,3-6H2,1-2H3. The number of anilines is 1. The van der Waals surface area contributed by atoms with E-state index in [1.54, 1.807) is 0 Å².